The molecule has 0 rings (SSSR count). The molecule has 6 heteroatoms. The second-order valence-electron chi connectivity index (χ2n) is 17.8. The molecule has 0 N–H and O–H groups in total. The van der Waals surface area contributed by atoms with Crippen LogP contribution >= 0.6 is 0 Å². The summed E-state index contributed by atoms with van der Waals surface area (Å²) in [6.07, 6.45) is 50.9. The van der Waals surface area contributed by atoms with Gasteiger partial charge in [0, 0.05) is 19.3 Å². The predicted molar refractivity (Wildman–Crippen MR) is 247 cm³/mol. The number of rotatable bonds is 48. The molecule has 0 aliphatic carbocycles. The number of hydrogen-bond acceptors (Lipinski definition) is 6. The molecule has 0 spiro atoms. The molecule has 0 aromatic carbocycles. The van der Waals surface area contributed by atoms with Crippen molar-refractivity contribution in [2.75, 3.05) is 13.2 Å². The van der Waals surface area contributed by atoms with Gasteiger partial charge in [0.15, 0.2) is 6.10 Å². The van der Waals surface area contributed by atoms with Gasteiger partial charge in [-0.15, -0.1) is 0 Å². The number of unbranched alkanes of at least 4 members (excludes halogenated alkanes) is 37. The van der Waals surface area contributed by atoms with Gasteiger partial charge in [-0.2, -0.15) is 0 Å². The van der Waals surface area contributed by atoms with E-state index in [0.717, 1.165) is 57.8 Å². The number of esters is 3. The lowest BCUT2D eigenvalue weighted by atomic mass is 10.0. The summed E-state index contributed by atoms with van der Waals surface area (Å²) in [6, 6.07) is 0. The molecule has 0 amide bonds. The summed E-state index contributed by atoms with van der Waals surface area (Å²) in [5, 5.41) is 0. The third kappa shape index (κ3) is 45.5. The van der Waals surface area contributed by atoms with Gasteiger partial charge in [-0.3, -0.25) is 14.4 Å². The van der Waals surface area contributed by atoms with Gasteiger partial charge in [0.25, 0.3) is 0 Å². The summed E-state index contributed by atoms with van der Waals surface area (Å²) in [5.41, 5.74) is 0. The monoisotopic (exact) mass is 821 g/mol. The SMILES string of the molecule is CCCCCCCCCCCCCCCCCCC(=O)OC[C@H](COC(=O)CCCCCCCCCCC)OC(=O)CCCCCCCCCCCCCCCCC. The molecular weight excluding hydrogens is 721 g/mol. The number of hydrogen-bond donors (Lipinski definition) is 0. The maximum atomic E-state index is 12.8. The van der Waals surface area contributed by atoms with Crippen molar-refractivity contribution in [2.45, 2.75) is 303 Å². The van der Waals surface area contributed by atoms with E-state index in [4.69, 9.17) is 14.2 Å². The largest absolute Gasteiger partial charge is 0.462 e. The van der Waals surface area contributed by atoms with Gasteiger partial charge in [-0.1, -0.05) is 258 Å². The van der Waals surface area contributed by atoms with Crippen LogP contribution in [0.3, 0.4) is 0 Å². The molecule has 0 aliphatic heterocycles. The highest BCUT2D eigenvalue weighted by atomic mass is 16.6. The number of ether oxygens (including phenoxy) is 3. The molecule has 0 aromatic rings. The van der Waals surface area contributed by atoms with Gasteiger partial charge in [-0.25, -0.2) is 0 Å². The average Bonchev–Trinajstić information content (AvgIpc) is 3.22. The zero-order valence-electron chi connectivity index (χ0n) is 39.3. The molecule has 58 heavy (non-hydrogen) atoms. The Bertz CT molecular complexity index is 859. The lowest BCUT2D eigenvalue weighted by Gasteiger charge is -2.18. The zero-order chi connectivity index (χ0) is 42.3. The van der Waals surface area contributed by atoms with Crippen LogP contribution in [0.5, 0.6) is 0 Å². The predicted octanol–water partition coefficient (Wildman–Crippen LogP) is 16.8. The fourth-order valence-corrected chi connectivity index (χ4v) is 7.92. The fourth-order valence-electron chi connectivity index (χ4n) is 7.92. The Balaban J connectivity index is 4.25. The third-order valence-corrected chi connectivity index (χ3v) is 11.9. The van der Waals surface area contributed by atoms with E-state index in [0.29, 0.717) is 19.3 Å². The minimum absolute atomic E-state index is 0.0619. The molecule has 0 fully saturated rings. The normalized spacial score (nSPS) is 11.8. The summed E-state index contributed by atoms with van der Waals surface area (Å²) >= 11 is 0. The smallest absolute Gasteiger partial charge is 0.306 e. The second kappa shape index (κ2) is 48.1. The van der Waals surface area contributed by atoms with Gasteiger partial charge in [0.2, 0.25) is 0 Å². The van der Waals surface area contributed by atoms with Crippen molar-refractivity contribution >= 4 is 17.9 Å². The van der Waals surface area contributed by atoms with Crippen LogP contribution < -0.4 is 0 Å². The van der Waals surface area contributed by atoms with Gasteiger partial charge >= 0.3 is 17.9 Å². The first-order valence-electron chi connectivity index (χ1n) is 26.0. The van der Waals surface area contributed by atoms with Crippen LogP contribution in [0.1, 0.15) is 297 Å². The first-order chi connectivity index (χ1) is 28.5. The van der Waals surface area contributed by atoms with Crippen molar-refractivity contribution in [2.24, 2.45) is 0 Å². The van der Waals surface area contributed by atoms with Crippen molar-refractivity contribution in [1.82, 2.24) is 0 Å². The number of carbonyl (C=O) groups is 3. The Kier molecular flexibility index (Phi) is 46.8. The minimum atomic E-state index is -0.759. The maximum absolute atomic E-state index is 12.8. The molecule has 6 nitrogen and oxygen atoms in total. The lowest BCUT2D eigenvalue weighted by molar-refractivity contribution is -0.167. The highest BCUT2D eigenvalue weighted by Crippen LogP contribution is 2.17. The topological polar surface area (TPSA) is 78.9 Å². The summed E-state index contributed by atoms with van der Waals surface area (Å²) in [6.45, 7) is 6.67. The molecule has 0 aromatic heterocycles. The van der Waals surface area contributed by atoms with Crippen molar-refractivity contribution in [3.63, 3.8) is 0 Å². The summed E-state index contributed by atoms with van der Waals surface area (Å²) in [4.78, 5) is 37.9. The van der Waals surface area contributed by atoms with Gasteiger partial charge < -0.3 is 14.2 Å². The van der Waals surface area contributed by atoms with Crippen molar-refractivity contribution in [3.8, 4) is 0 Å². The molecule has 1 atom stereocenters. The Hall–Kier alpha value is -1.59. The van der Waals surface area contributed by atoms with Gasteiger partial charge in [0.05, 0.1) is 0 Å². The zero-order valence-corrected chi connectivity index (χ0v) is 39.3. The summed E-state index contributed by atoms with van der Waals surface area (Å²) in [7, 11) is 0. The highest BCUT2D eigenvalue weighted by molar-refractivity contribution is 5.71. The molecule has 0 saturated heterocycles. The lowest BCUT2D eigenvalue weighted by Crippen LogP contribution is -2.30. The Morgan fingerprint density at radius 1 is 0.276 bits per heavy atom. The molecule has 0 saturated carbocycles. The molecular formula is C52H100O6. The van der Waals surface area contributed by atoms with E-state index in [1.54, 1.807) is 0 Å². The fraction of sp³-hybridized carbons (Fsp3) is 0.942. The molecule has 344 valence electrons. The highest BCUT2D eigenvalue weighted by Gasteiger charge is 2.19. The van der Waals surface area contributed by atoms with Crippen LogP contribution in [-0.4, -0.2) is 37.2 Å². The molecule has 0 radical (unpaired) electrons. The molecule has 0 bridgehead atoms. The Morgan fingerprint density at radius 2 is 0.466 bits per heavy atom. The van der Waals surface area contributed by atoms with Crippen molar-refractivity contribution in [1.29, 1.82) is 0 Å². The Morgan fingerprint density at radius 3 is 0.690 bits per heavy atom. The first kappa shape index (κ1) is 56.4. The minimum Gasteiger partial charge on any atom is -0.462 e. The van der Waals surface area contributed by atoms with Crippen LogP contribution in [0.25, 0.3) is 0 Å². The Labute approximate surface area is 361 Å². The van der Waals surface area contributed by atoms with Crippen molar-refractivity contribution < 1.29 is 28.6 Å². The van der Waals surface area contributed by atoms with Crippen molar-refractivity contribution in [3.05, 3.63) is 0 Å². The van der Waals surface area contributed by atoms with E-state index in [-0.39, 0.29) is 31.1 Å². The average molecular weight is 821 g/mol. The van der Waals surface area contributed by atoms with E-state index >= 15 is 0 Å². The van der Waals surface area contributed by atoms with E-state index in [1.165, 1.54) is 199 Å². The first-order valence-corrected chi connectivity index (χ1v) is 26.0. The maximum Gasteiger partial charge on any atom is 0.306 e. The second-order valence-corrected chi connectivity index (χ2v) is 17.8. The van der Waals surface area contributed by atoms with Crippen LogP contribution in [-0.2, 0) is 28.6 Å². The van der Waals surface area contributed by atoms with Crippen LogP contribution in [0.2, 0.25) is 0 Å². The van der Waals surface area contributed by atoms with Gasteiger partial charge in [-0.05, 0) is 19.3 Å². The van der Waals surface area contributed by atoms with E-state index in [1.807, 2.05) is 0 Å². The van der Waals surface area contributed by atoms with Crippen LogP contribution in [0, 0.1) is 0 Å². The summed E-state index contributed by atoms with van der Waals surface area (Å²) < 4.78 is 16.8. The quantitative estimate of drug-likeness (QED) is 0.0346. The van der Waals surface area contributed by atoms with Crippen LogP contribution in [0.15, 0.2) is 0 Å². The van der Waals surface area contributed by atoms with E-state index < -0.39 is 6.10 Å². The molecule has 0 aliphatic rings. The third-order valence-electron chi connectivity index (χ3n) is 11.9. The number of carbonyl (C=O) groups excluding carboxylic acids is 3. The molecule has 0 heterocycles. The summed E-state index contributed by atoms with van der Waals surface area (Å²) in [5.74, 6) is -0.843. The van der Waals surface area contributed by atoms with Gasteiger partial charge in [0.1, 0.15) is 13.2 Å². The van der Waals surface area contributed by atoms with E-state index in [2.05, 4.69) is 20.8 Å². The van der Waals surface area contributed by atoms with Crippen LogP contribution in [0.4, 0.5) is 0 Å². The standard InChI is InChI=1S/C52H100O6/c1-4-7-10-13-16-19-21-23-25-27-28-30-33-36-39-42-45-51(54)57-48-49(47-56-50(53)44-41-38-35-32-18-15-12-9-6-3)58-52(55)46-43-40-37-34-31-29-26-24-22-20-17-14-11-8-5-2/h49H,4-48H2,1-3H3/t49-/m0/s1. The van der Waals surface area contributed by atoms with E-state index in [9.17, 15) is 14.4 Å². The molecule has 0 unspecified atom stereocenters.